The Balaban J connectivity index is 1.60. The van der Waals surface area contributed by atoms with E-state index in [0.29, 0.717) is 5.92 Å². The monoisotopic (exact) mass is 297 g/mol. The van der Waals surface area contributed by atoms with E-state index in [4.69, 9.17) is 5.11 Å². The summed E-state index contributed by atoms with van der Waals surface area (Å²) in [5, 5.41) is 14.8. The molecule has 0 aromatic rings. The fraction of sp³-hybridized carbons (Fsp3) is 0.867. The van der Waals surface area contributed by atoms with Crippen molar-refractivity contribution in [1.29, 1.82) is 0 Å². The lowest BCUT2D eigenvalue weighted by Crippen LogP contribution is -2.56. The first-order valence-corrected chi connectivity index (χ1v) is 8.08. The van der Waals surface area contributed by atoms with E-state index >= 15 is 0 Å². The first-order chi connectivity index (χ1) is 10.1. The summed E-state index contributed by atoms with van der Waals surface area (Å²) in [7, 11) is 0. The molecule has 0 atom stereocenters. The second-order valence-electron chi connectivity index (χ2n) is 6.28. The summed E-state index contributed by atoms with van der Waals surface area (Å²) in [6, 6.07) is 0.388. The first kappa shape index (κ1) is 16.1. The highest BCUT2D eigenvalue weighted by atomic mass is 16.4. The van der Waals surface area contributed by atoms with Gasteiger partial charge in [-0.2, -0.15) is 0 Å². The van der Waals surface area contributed by atoms with E-state index in [9.17, 15) is 9.59 Å². The molecule has 21 heavy (non-hydrogen) atoms. The molecule has 120 valence electrons. The Bertz CT molecular complexity index is 363. The van der Waals surface area contributed by atoms with E-state index in [1.165, 1.54) is 25.7 Å². The molecular formula is C15H27N3O3. The smallest absolute Gasteiger partial charge is 0.317 e. The van der Waals surface area contributed by atoms with Gasteiger partial charge in [0, 0.05) is 18.6 Å². The molecule has 0 unspecified atom stereocenters. The Morgan fingerprint density at radius 2 is 1.90 bits per heavy atom. The van der Waals surface area contributed by atoms with Crippen molar-refractivity contribution in [2.45, 2.75) is 57.5 Å². The predicted octanol–water partition coefficient (Wildman–Crippen LogP) is 1.41. The van der Waals surface area contributed by atoms with Crippen LogP contribution in [0.4, 0.5) is 4.79 Å². The van der Waals surface area contributed by atoms with Gasteiger partial charge in [0.05, 0.1) is 6.54 Å². The molecule has 0 saturated heterocycles. The molecule has 2 saturated carbocycles. The molecule has 0 bridgehead atoms. The number of aliphatic carboxylic acids is 1. The van der Waals surface area contributed by atoms with E-state index in [1.54, 1.807) is 0 Å². The molecule has 0 radical (unpaired) electrons. The standard InChI is InChI=1S/C15H27N3O3/c1-2-18(10-14(19)20)13-7-12(8-13)17-15(21)16-9-11-5-3-4-6-11/h11-13H,2-10H2,1H3,(H,19,20)(H2,16,17,21). The highest BCUT2D eigenvalue weighted by Gasteiger charge is 2.34. The lowest BCUT2D eigenvalue weighted by atomic mass is 9.85. The summed E-state index contributed by atoms with van der Waals surface area (Å²) in [6.07, 6.45) is 6.72. The van der Waals surface area contributed by atoms with Crippen LogP contribution < -0.4 is 10.6 Å². The summed E-state index contributed by atoms with van der Waals surface area (Å²) in [5.41, 5.74) is 0. The van der Waals surface area contributed by atoms with Crippen molar-refractivity contribution in [2.75, 3.05) is 19.6 Å². The number of carboxylic acids is 1. The second kappa shape index (κ2) is 7.64. The van der Waals surface area contributed by atoms with Crippen LogP contribution in [0.1, 0.15) is 45.4 Å². The third-order valence-electron chi connectivity index (χ3n) is 4.74. The Morgan fingerprint density at radius 3 is 2.48 bits per heavy atom. The summed E-state index contributed by atoms with van der Waals surface area (Å²) in [4.78, 5) is 24.5. The molecule has 0 aromatic heterocycles. The average Bonchev–Trinajstić information content (AvgIpc) is 2.90. The predicted molar refractivity (Wildman–Crippen MR) is 80.2 cm³/mol. The maximum atomic E-state index is 11.8. The fourth-order valence-corrected chi connectivity index (χ4v) is 3.36. The van der Waals surface area contributed by atoms with Crippen LogP contribution in [0.2, 0.25) is 0 Å². The van der Waals surface area contributed by atoms with Gasteiger partial charge in [-0.3, -0.25) is 9.69 Å². The van der Waals surface area contributed by atoms with Crippen molar-refractivity contribution in [1.82, 2.24) is 15.5 Å². The van der Waals surface area contributed by atoms with Gasteiger partial charge in [-0.15, -0.1) is 0 Å². The molecule has 6 heteroatoms. The fourth-order valence-electron chi connectivity index (χ4n) is 3.36. The lowest BCUT2D eigenvalue weighted by molar-refractivity contribution is -0.139. The molecule has 2 aliphatic carbocycles. The van der Waals surface area contributed by atoms with Gasteiger partial charge in [0.25, 0.3) is 0 Å². The van der Waals surface area contributed by atoms with Crippen LogP contribution in [0.5, 0.6) is 0 Å². The van der Waals surface area contributed by atoms with Crippen molar-refractivity contribution >= 4 is 12.0 Å². The Labute approximate surface area is 126 Å². The van der Waals surface area contributed by atoms with Crippen LogP contribution in [0.15, 0.2) is 0 Å². The van der Waals surface area contributed by atoms with Crippen LogP contribution in [-0.4, -0.2) is 53.7 Å². The van der Waals surface area contributed by atoms with Crippen molar-refractivity contribution in [3.63, 3.8) is 0 Å². The number of likely N-dealkylation sites (N-methyl/N-ethyl adjacent to an activating group) is 1. The van der Waals surface area contributed by atoms with Crippen LogP contribution >= 0.6 is 0 Å². The maximum Gasteiger partial charge on any atom is 0.317 e. The normalized spacial score (nSPS) is 25.6. The number of carboxylic acid groups (broad SMARTS) is 1. The van der Waals surface area contributed by atoms with Gasteiger partial charge < -0.3 is 15.7 Å². The van der Waals surface area contributed by atoms with Gasteiger partial charge in [0.15, 0.2) is 0 Å². The van der Waals surface area contributed by atoms with Crippen LogP contribution in [0.25, 0.3) is 0 Å². The van der Waals surface area contributed by atoms with Crippen molar-refractivity contribution in [3.05, 3.63) is 0 Å². The van der Waals surface area contributed by atoms with E-state index < -0.39 is 5.97 Å². The van der Waals surface area contributed by atoms with Gasteiger partial charge in [-0.25, -0.2) is 4.79 Å². The van der Waals surface area contributed by atoms with Crippen molar-refractivity contribution in [2.24, 2.45) is 5.92 Å². The van der Waals surface area contributed by atoms with Gasteiger partial charge >= 0.3 is 12.0 Å². The van der Waals surface area contributed by atoms with E-state index in [0.717, 1.165) is 25.9 Å². The van der Waals surface area contributed by atoms with E-state index in [2.05, 4.69) is 10.6 Å². The van der Waals surface area contributed by atoms with Crippen LogP contribution in [0.3, 0.4) is 0 Å². The molecule has 3 N–H and O–H groups in total. The number of carbonyl (C=O) groups is 2. The summed E-state index contributed by atoms with van der Waals surface area (Å²) < 4.78 is 0. The minimum absolute atomic E-state index is 0.0772. The highest BCUT2D eigenvalue weighted by molar-refractivity contribution is 5.74. The number of urea groups is 1. The first-order valence-electron chi connectivity index (χ1n) is 8.08. The largest absolute Gasteiger partial charge is 0.480 e. The Kier molecular flexibility index (Phi) is 5.85. The van der Waals surface area contributed by atoms with E-state index in [1.807, 2.05) is 11.8 Å². The number of nitrogens with zero attached hydrogens (tertiary/aromatic N) is 1. The van der Waals surface area contributed by atoms with Gasteiger partial charge in [0.2, 0.25) is 0 Å². The number of amides is 2. The molecule has 0 aromatic carbocycles. The molecule has 6 nitrogen and oxygen atoms in total. The SMILES string of the molecule is CCN(CC(=O)O)C1CC(NC(=O)NCC2CCCC2)C1. The second-order valence-corrected chi connectivity index (χ2v) is 6.28. The highest BCUT2D eigenvalue weighted by Crippen LogP contribution is 2.26. The van der Waals surface area contributed by atoms with E-state index in [-0.39, 0.29) is 24.7 Å². The van der Waals surface area contributed by atoms with Crippen molar-refractivity contribution in [3.8, 4) is 0 Å². The lowest BCUT2D eigenvalue weighted by Gasteiger charge is -2.42. The molecular weight excluding hydrogens is 270 g/mol. The molecule has 0 aliphatic heterocycles. The molecule has 2 rings (SSSR count). The van der Waals surface area contributed by atoms with Gasteiger partial charge in [-0.05, 0) is 38.1 Å². The topological polar surface area (TPSA) is 81.7 Å². The average molecular weight is 297 g/mol. The number of rotatable bonds is 7. The van der Waals surface area contributed by atoms with Crippen LogP contribution in [-0.2, 0) is 4.79 Å². The number of hydrogen-bond acceptors (Lipinski definition) is 3. The zero-order valence-electron chi connectivity index (χ0n) is 12.8. The molecule has 0 heterocycles. The number of carbonyl (C=O) groups excluding carboxylic acids is 1. The maximum absolute atomic E-state index is 11.8. The Morgan fingerprint density at radius 1 is 1.24 bits per heavy atom. The number of nitrogens with one attached hydrogen (secondary N) is 2. The van der Waals surface area contributed by atoms with Gasteiger partial charge in [-0.1, -0.05) is 19.8 Å². The summed E-state index contributed by atoms with van der Waals surface area (Å²) in [6.45, 7) is 3.57. The third kappa shape index (κ3) is 4.88. The molecule has 2 fully saturated rings. The molecule has 2 amide bonds. The zero-order chi connectivity index (χ0) is 15.2. The summed E-state index contributed by atoms with van der Waals surface area (Å²) >= 11 is 0. The zero-order valence-corrected chi connectivity index (χ0v) is 12.8. The van der Waals surface area contributed by atoms with Gasteiger partial charge in [0.1, 0.15) is 0 Å². The third-order valence-corrected chi connectivity index (χ3v) is 4.74. The quantitative estimate of drug-likeness (QED) is 0.663. The summed E-state index contributed by atoms with van der Waals surface area (Å²) in [5.74, 6) is -0.140. The van der Waals surface area contributed by atoms with Crippen LogP contribution in [0, 0.1) is 5.92 Å². The minimum Gasteiger partial charge on any atom is -0.480 e. The minimum atomic E-state index is -0.789. The molecule has 0 spiro atoms. The Hall–Kier alpha value is -1.30. The molecule has 2 aliphatic rings. The van der Waals surface area contributed by atoms with Crippen molar-refractivity contribution < 1.29 is 14.7 Å². The number of hydrogen-bond donors (Lipinski definition) is 3.